The second-order valence-corrected chi connectivity index (χ2v) is 6.43. The Morgan fingerprint density at radius 2 is 1.89 bits per heavy atom. The second-order valence-electron chi connectivity index (χ2n) is 3.66. The van der Waals surface area contributed by atoms with Crippen molar-refractivity contribution in [3.8, 4) is 0 Å². The van der Waals surface area contributed by atoms with Gasteiger partial charge in [-0.05, 0) is 18.6 Å². The highest BCUT2D eigenvalue weighted by atomic mass is 35.5. The molecule has 5 nitrogen and oxygen atoms in total. The Balaban J connectivity index is 3.29. The van der Waals surface area contributed by atoms with Gasteiger partial charge in [0.2, 0.25) is 10.0 Å². The Labute approximate surface area is 115 Å². The van der Waals surface area contributed by atoms with Crippen LogP contribution in [0.5, 0.6) is 0 Å². The van der Waals surface area contributed by atoms with Crippen molar-refractivity contribution in [2.45, 2.75) is 11.8 Å². The largest absolute Gasteiger partial charge is 0.480 e. The molecule has 0 aliphatic heterocycles. The normalized spacial score (nSPS) is 11.8. The molecular weight excluding hydrogens is 301 g/mol. The van der Waals surface area contributed by atoms with Gasteiger partial charge in [-0.25, -0.2) is 8.42 Å². The molecule has 0 aliphatic carbocycles. The van der Waals surface area contributed by atoms with Gasteiger partial charge in [0, 0.05) is 7.05 Å². The summed E-state index contributed by atoms with van der Waals surface area (Å²) in [6.45, 7) is 1.04. The summed E-state index contributed by atoms with van der Waals surface area (Å²) in [5.41, 5.74) is 0.640. The minimum Gasteiger partial charge on any atom is -0.480 e. The number of carbonyl (C=O) groups is 1. The van der Waals surface area contributed by atoms with Gasteiger partial charge in [-0.3, -0.25) is 4.79 Å². The number of hydrogen-bond acceptors (Lipinski definition) is 3. The SMILES string of the molecule is Cc1ccc(S(=O)(=O)N(C)CC(=O)O)c(Cl)c1Cl. The van der Waals surface area contributed by atoms with Gasteiger partial charge >= 0.3 is 5.97 Å². The molecule has 0 saturated carbocycles. The van der Waals surface area contributed by atoms with Crippen LogP contribution in [0, 0.1) is 6.92 Å². The number of sulfonamides is 1. The molecule has 18 heavy (non-hydrogen) atoms. The molecule has 0 amide bonds. The Bertz CT molecular complexity index is 586. The van der Waals surface area contributed by atoms with E-state index in [0.29, 0.717) is 9.87 Å². The van der Waals surface area contributed by atoms with E-state index in [1.807, 2.05) is 0 Å². The molecule has 1 rings (SSSR count). The van der Waals surface area contributed by atoms with Crippen LogP contribution in [0.3, 0.4) is 0 Å². The molecule has 1 aromatic carbocycles. The quantitative estimate of drug-likeness (QED) is 0.923. The zero-order chi connectivity index (χ0) is 14.1. The number of carboxylic acids is 1. The fraction of sp³-hybridized carbons (Fsp3) is 0.300. The van der Waals surface area contributed by atoms with Crippen molar-refractivity contribution in [2.75, 3.05) is 13.6 Å². The summed E-state index contributed by atoms with van der Waals surface area (Å²) in [7, 11) is -2.81. The Hall–Kier alpha value is -0.820. The summed E-state index contributed by atoms with van der Waals surface area (Å²) in [6, 6.07) is 2.81. The lowest BCUT2D eigenvalue weighted by atomic mass is 10.2. The average molecular weight is 312 g/mol. The summed E-state index contributed by atoms with van der Waals surface area (Å²) < 4.78 is 24.8. The Morgan fingerprint density at radius 1 is 1.33 bits per heavy atom. The molecule has 8 heteroatoms. The molecular formula is C10H11Cl2NO4S. The zero-order valence-corrected chi connectivity index (χ0v) is 12.0. The van der Waals surface area contributed by atoms with Crippen molar-refractivity contribution in [3.63, 3.8) is 0 Å². The summed E-state index contributed by atoms with van der Waals surface area (Å²) in [5.74, 6) is -1.25. The molecule has 0 aliphatic rings. The topological polar surface area (TPSA) is 74.7 Å². The third kappa shape index (κ3) is 2.95. The molecule has 0 spiro atoms. The zero-order valence-electron chi connectivity index (χ0n) is 9.65. The average Bonchev–Trinajstić information content (AvgIpc) is 2.24. The number of rotatable bonds is 4. The van der Waals surface area contributed by atoms with Gasteiger partial charge in [0.25, 0.3) is 0 Å². The van der Waals surface area contributed by atoms with Crippen LogP contribution in [-0.2, 0) is 14.8 Å². The van der Waals surface area contributed by atoms with Crippen LogP contribution in [0.25, 0.3) is 0 Å². The minimum absolute atomic E-state index is 0.103. The van der Waals surface area contributed by atoms with E-state index in [1.165, 1.54) is 12.1 Å². The van der Waals surface area contributed by atoms with E-state index in [9.17, 15) is 13.2 Å². The van der Waals surface area contributed by atoms with E-state index in [2.05, 4.69) is 0 Å². The summed E-state index contributed by atoms with van der Waals surface area (Å²) >= 11 is 11.7. The molecule has 0 aromatic heterocycles. The van der Waals surface area contributed by atoms with Crippen molar-refractivity contribution >= 4 is 39.2 Å². The highest BCUT2D eigenvalue weighted by Crippen LogP contribution is 2.33. The maximum absolute atomic E-state index is 12.1. The number of nitrogens with zero attached hydrogens (tertiary/aromatic N) is 1. The third-order valence-electron chi connectivity index (χ3n) is 2.29. The number of halogens is 2. The van der Waals surface area contributed by atoms with Gasteiger partial charge in [-0.2, -0.15) is 4.31 Å². The van der Waals surface area contributed by atoms with Crippen LogP contribution in [0.15, 0.2) is 17.0 Å². The van der Waals surface area contributed by atoms with Gasteiger partial charge in [-0.15, -0.1) is 0 Å². The molecule has 1 N–H and O–H groups in total. The number of aliphatic carboxylic acids is 1. The molecule has 0 unspecified atom stereocenters. The van der Waals surface area contributed by atoms with Gasteiger partial charge in [0.05, 0.1) is 10.0 Å². The van der Waals surface area contributed by atoms with Crippen molar-refractivity contribution < 1.29 is 18.3 Å². The van der Waals surface area contributed by atoms with E-state index in [-0.39, 0.29) is 14.9 Å². The first-order valence-electron chi connectivity index (χ1n) is 4.80. The molecule has 0 heterocycles. The molecule has 100 valence electrons. The predicted molar refractivity (Wildman–Crippen MR) is 68.7 cm³/mol. The van der Waals surface area contributed by atoms with Crippen LogP contribution in [0.1, 0.15) is 5.56 Å². The third-order valence-corrected chi connectivity index (χ3v) is 5.22. The van der Waals surface area contributed by atoms with Crippen molar-refractivity contribution in [3.05, 3.63) is 27.7 Å². The molecule has 0 atom stereocenters. The first kappa shape index (κ1) is 15.2. The fourth-order valence-corrected chi connectivity index (χ4v) is 3.18. The monoisotopic (exact) mass is 311 g/mol. The lowest BCUT2D eigenvalue weighted by Gasteiger charge is -2.16. The van der Waals surface area contributed by atoms with Crippen molar-refractivity contribution in [1.29, 1.82) is 0 Å². The van der Waals surface area contributed by atoms with E-state index in [4.69, 9.17) is 28.3 Å². The van der Waals surface area contributed by atoms with E-state index < -0.39 is 22.5 Å². The van der Waals surface area contributed by atoms with Crippen LogP contribution in [-0.4, -0.2) is 37.4 Å². The number of benzene rings is 1. The standard InChI is InChI=1S/C10H11Cl2NO4S/c1-6-3-4-7(10(12)9(6)11)18(16,17)13(2)5-8(14)15/h3-4H,5H2,1-2H3,(H,14,15). The van der Waals surface area contributed by atoms with Crippen LogP contribution in [0.2, 0.25) is 10.0 Å². The summed E-state index contributed by atoms with van der Waals surface area (Å²) in [6.07, 6.45) is 0. The summed E-state index contributed by atoms with van der Waals surface area (Å²) in [4.78, 5) is 10.3. The maximum Gasteiger partial charge on any atom is 0.318 e. The molecule has 0 radical (unpaired) electrons. The van der Waals surface area contributed by atoms with E-state index in [1.54, 1.807) is 6.92 Å². The highest BCUT2D eigenvalue weighted by molar-refractivity contribution is 7.89. The van der Waals surface area contributed by atoms with E-state index >= 15 is 0 Å². The first-order valence-corrected chi connectivity index (χ1v) is 7.00. The lowest BCUT2D eigenvalue weighted by Crippen LogP contribution is -2.32. The van der Waals surface area contributed by atoms with Gasteiger partial charge in [-0.1, -0.05) is 29.3 Å². The lowest BCUT2D eigenvalue weighted by molar-refractivity contribution is -0.137. The summed E-state index contributed by atoms with van der Waals surface area (Å²) in [5, 5.41) is 8.63. The predicted octanol–water partition coefficient (Wildman–Crippen LogP) is 2.01. The van der Waals surface area contributed by atoms with Gasteiger partial charge < -0.3 is 5.11 Å². The van der Waals surface area contributed by atoms with E-state index in [0.717, 1.165) is 7.05 Å². The molecule has 0 saturated heterocycles. The number of hydrogen-bond donors (Lipinski definition) is 1. The van der Waals surface area contributed by atoms with Crippen molar-refractivity contribution in [2.24, 2.45) is 0 Å². The highest BCUT2D eigenvalue weighted by Gasteiger charge is 2.26. The molecule has 1 aromatic rings. The van der Waals surface area contributed by atoms with Gasteiger partial charge in [0.1, 0.15) is 11.4 Å². The van der Waals surface area contributed by atoms with Crippen LogP contribution in [0.4, 0.5) is 0 Å². The Kier molecular flexibility index (Phi) is 4.61. The van der Waals surface area contributed by atoms with Crippen molar-refractivity contribution in [1.82, 2.24) is 4.31 Å². The van der Waals surface area contributed by atoms with Crippen LogP contribution < -0.4 is 0 Å². The maximum atomic E-state index is 12.1. The number of carboxylic acid groups (broad SMARTS) is 1. The van der Waals surface area contributed by atoms with Gasteiger partial charge in [0.15, 0.2) is 0 Å². The minimum atomic E-state index is -3.97. The number of likely N-dealkylation sites (N-methyl/N-ethyl adjacent to an activating group) is 1. The number of aryl methyl sites for hydroxylation is 1. The smallest absolute Gasteiger partial charge is 0.318 e. The second kappa shape index (κ2) is 5.44. The molecule has 0 fully saturated rings. The van der Waals surface area contributed by atoms with Crippen LogP contribution >= 0.6 is 23.2 Å². The molecule has 0 bridgehead atoms. The first-order chi connectivity index (χ1) is 8.17. The Morgan fingerprint density at radius 3 is 2.39 bits per heavy atom. The fourth-order valence-electron chi connectivity index (χ4n) is 1.27.